The summed E-state index contributed by atoms with van der Waals surface area (Å²) < 4.78 is 5.45. The summed E-state index contributed by atoms with van der Waals surface area (Å²) in [4.78, 5) is 28.2. The summed E-state index contributed by atoms with van der Waals surface area (Å²) in [5.74, 6) is -0.0795. The first kappa shape index (κ1) is 21.3. The number of benzene rings is 2. The van der Waals surface area contributed by atoms with Crippen LogP contribution in [0.3, 0.4) is 0 Å². The average Bonchev–Trinajstić information content (AvgIpc) is 3.29. The molecule has 8 nitrogen and oxygen atoms in total. The van der Waals surface area contributed by atoms with Crippen molar-refractivity contribution in [3.63, 3.8) is 0 Å². The molecule has 30 heavy (non-hydrogen) atoms. The van der Waals surface area contributed by atoms with Gasteiger partial charge in [-0.3, -0.25) is 10.1 Å². The van der Waals surface area contributed by atoms with Crippen LogP contribution in [0.2, 0.25) is 0 Å². The van der Waals surface area contributed by atoms with Gasteiger partial charge in [0.25, 0.3) is 5.91 Å². The Kier molecular flexibility index (Phi) is 7.79. The molecule has 3 amide bonds. The molecule has 0 saturated carbocycles. The van der Waals surface area contributed by atoms with Gasteiger partial charge < -0.3 is 21.1 Å². The van der Waals surface area contributed by atoms with Crippen LogP contribution < -0.4 is 21.7 Å². The van der Waals surface area contributed by atoms with Crippen LogP contribution in [-0.4, -0.2) is 37.2 Å². The number of hydrogen-bond acceptors (Lipinski definition) is 4. The molecule has 158 valence electrons. The maximum Gasteiger partial charge on any atom is 0.321 e. The number of ether oxygens (including phenoxy) is 1. The number of guanidine groups is 1. The number of amides is 3. The molecule has 5 N–H and O–H groups in total. The Balaban J connectivity index is 1.44. The van der Waals surface area contributed by atoms with E-state index >= 15 is 0 Å². The van der Waals surface area contributed by atoms with E-state index < -0.39 is 6.03 Å². The molecule has 8 heteroatoms. The molecule has 2 aromatic rings. The van der Waals surface area contributed by atoms with Gasteiger partial charge in [-0.25, -0.2) is 9.79 Å². The third kappa shape index (κ3) is 6.89. The van der Waals surface area contributed by atoms with Crippen LogP contribution >= 0.6 is 0 Å². The van der Waals surface area contributed by atoms with Crippen molar-refractivity contribution in [1.82, 2.24) is 16.0 Å². The first-order chi connectivity index (χ1) is 14.6. The summed E-state index contributed by atoms with van der Waals surface area (Å²) in [7, 11) is 0. The van der Waals surface area contributed by atoms with Crippen molar-refractivity contribution in [3.8, 4) is 0 Å². The third-order valence-corrected chi connectivity index (χ3v) is 4.67. The van der Waals surface area contributed by atoms with E-state index in [-0.39, 0.29) is 18.0 Å². The molecule has 1 aliphatic heterocycles. The molecule has 1 aliphatic rings. The van der Waals surface area contributed by atoms with Crippen molar-refractivity contribution in [3.05, 3.63) is 71.3 Å². The maximum absolute atomic E-state index is 12.2. The Bertz CT molecular complexity index is 879. The van der Waals surface area contributed by atoms with Crippen LogP contribution in [0.4, 0.5) is 4.79 Å². The van der Waals surface area contributed by atoms with E-state index in [2.05, 4.69) is 20.9 Å². The van der Waals surface area contributed by atoms with Gasteiger partial charge in [0.15, 0.2) is 5.96 Å². The second-order valence-electron chi connectivity index (χ2n) is 7.04. The van der Waals surface area contributed by atoms with Gasteiger partial charge in [0.1, 0.15) is 0 Å². The van der Waals surface area contributed by atoms with Crippen molar-refractivity contribution < 1.29 is 14.3 Å². The second-order valence-corrected chi connectivity index (χ2v) is 7.04. The predicted octanol–water partition coefficient (Wildman–Crippen LogP) is 1.91. The largest absolute Gasteiger partial charge is 0.376 e. The molecule has 1 fully saturated rings. The number of carbonyl (C=O) groups excluding carboxylic acids is 2. The summed E-state index contributed by atoms with van der Waals surface area (Å²) >= 11 is 0. The van der Waals surface area contributed by atoms with Gasteiger partial charge in [0.05, 0.1) is 12.6 Å². The lowest BCUT2D eigenvalue weighted by Gasteiger charge is -2.11. The van der Waals surface area contributed by atoms with Crippen molar-refractivity contribution in [1.29, 1.82) is 0 Å². The van der Waals surface area contributed by atoms with Gasteiger partial charge in [0.2, 0.25) is 0 Å². The summed E-state index contributed by atoms with van der Waals surface area (Å²) in [6.07, 6.45) is 2.04. The SMILES string of the molecule is NC(=NCc1cccc(CNC(=O)c2ccccc2)c1)NC(=O)NCC1CCCO1. The Hall–Kier alpha value is -3.39. The van der Waals surface area contributed by atoms with E-state index in [1.165, 1.54) is 0 Å². The fraction of sp³-hybridized carbons (Fsp3) is 0.318. The zero-order valence-corrected chi connectivity index (χ0v) is 16.8. The van der Waals surface area contributed by atoms with Crippen LogP contribution in [0.25, 0.3) is 0 Å². The summed E-state index contributed by atoms with van der Waals surface area (Å²) in [6.45, 7) is 1.92. The van der Waals surface area contributed by atoms with E-state index in [9.17, 15) is 9.59 Å². The minimum atomic E-state index is -0.399. The lowest BCUT2D eigenvalue weighted by molar-refractivity contribution is 0.0951. The van der Waals surface area contributed by atoms with Gasteiger partial charge in [-0.15, -0.1) is 0 Å². The number of nitrogens with one attached hydrogen (secondary N) is 3. The highest BCUT2D eigenvalue weighted by atomic mass is 16.5. The Labute approximate surface area is 175 Å². The fourth-order valence-electron chi connectivity index (χ4n) is 3.10. The second kappa shape index (κ2) is 11.0. The quantitative estimate of drug-likeness (QED) is 0.413. The van der Waals surface area contributed by atoms with Crippen LogP contribution in [0, 0.1) is 0 Å². The van der Waals surface area contributed by atoms with Crippen molar-refractivity contribution in [2.75, 3.05) is 13.2 Å². The van der Waals surface area contributed by atoms with Gasteiger partial charge in [-0.1, -0.05) is 42.5 Å². The zero-order chi connectivity index (χ0) is 21.2. The van der Waals surface area contributed by atoms with Gasteiger partial charge in [-0.2, -0.15) is 0 Å². The average molecular weight is 409 g/mol. The number of urea groups is 1. The molecule has 0 spiro atoms. The van der Waals surface area contributed by atoms with Gasteiger partial charge in [0, 0.05) is 25.3 Å². The number of aliphatic imine (C=N–C) groups is 1. The predicted molar refractivity (Wildman–Crippen MR) is 115 cm³/mol. The molecule has 0 aliphatic carbocycles. The summed E-state index contributed by atoms with van der Waals surface area (Å²) in [5, 5.41) is 8.14. The molecule has 0 bridgehead atoms. The highest BCUT2D eigenvalue weighted by Gasteiger charge is 2.16. The van der Waals surface area contributed by atoms with Crippen molar-refractivity contribution in [2.24, 2.45) is 10.7 Å². The molecular formula is C22H27N5O3. The minimum absolute atomic E-state index is 0.0441. The first-order valence-electron chi connectivity index (χ1n) is 9.97. The molecule has 2 aromatic carbocycles. The van der Waals surface area contributed by atoms with Crippen molar-refractivity contribution in [2.45, 2.75) is 32.0 Å². The standard InChI is InChI=1S/C22H27N5O3/c23-21(27-22(29)26-15-19-10-5-11-30-19)25-14-17-7-4-6-16(12-17)13-24-20(28)18-8-2-1-3-9-18/h1-4,6-9,12,19H,5,10-11,13-15H2,(H,24,28)(H4,23,25,26,27,29). The van der Waals surface area contributed by atoms with Gasteiger partial charge >= 0.3 is 6.03 Å². The van der Waals surface area contributed by atoms with Gasteiger partial charge in [-0.05, 0) is 36.1 Å². The molecule has 0 aromatic heterocycles. The molecule has 0 radical (unpaired) electrons. The minimum Gasteiger partial charge on any atom is -0.376 e. The topological polar surface area (TPSA) is 118 Å². The third-order valence-electron chi connectivity index (χ3n) is 4.67. The van der Waals surface area contributed by atoms with E-state index in [1.807, 2.05) is 42.5 Å². The highest BCUT2D eigenvalue weighted by molar-refractivity contribution is 5.95. The molecular weight excluding hydrogens is 382 g/mol. The summed E-state index contributed by atoms with van der Waals surface area (Å²) in [5.41, 5.74) is 8.29. The number of carbonyl (C=O) groups is 2. The van der Waals surface area contributed by atoms with E-state index in [1.54, 1.807) is 12.1 Å². The number of nitrogens with two attached hydrogens (primary N) is 1. The lowest BCUT2D eigenvalue weighted by atomic mass is 10.1. The van der Waals surface area contributed by atoms with Crippen LogP contribution in [-0.2, 0) is 17.8 Å². The monoisotopic (exact) mass is 409 g/mol. The zero-order valence-electron chi connectivity index (χ0n) is 16.8. The normalized spacial score (nSPS) is 16.1. The number of rotatable bonds is 7. The van der Waals surface area contributed by atoms with E-state index in [4.69, 9.17) is 10.5 Å². The van der Waals surface area contributed by atoms with Crippen molar-refractivity contribution >= 4 is 17.9 Å². The number of nitrogens with zero attached hydrogens (tertiary/aromatic N) is 1. The molecule has 1 heterocycles. The smallest absolute Gasteiger partial charge is 0.321 e. The van der Waals surface area contributed by atoms with E-state index in [0.29, 0.717) is 25.2 Å². The first-order valence-corrected chi connectivity index (χ1v) is 9.97. The molecule has 1 atom stereocenters. The summed E-state index contributed by atoms with van der Waals surface area (Å²) in [6, 6.07) is 16.4. The number of hydrogen-bond donors (Lipinski definition) is 4. The fourth-order valence-corrected chi connectivity index (χ4v) is 3.10. The van der Waals surface area contributed by atoms with Crippen LogP contribution in [0.1, 0.15) is 34.3 Å². The van der Waals surface area contributed by atoms with Crippen LogP contribution in [0.15, 0.2) is 59.6 Å². The molecule has 1 saturated heterocycles. The Morgan fingerprint density at radius 2 is 1.87 bits per heavy atom. The molecule has 3 rings (SSSR count). The molecule has 1 unspecified atom stereocenters. The Morgan fingerprint density at radius 1 is 1.07 bits per heavy atom. The highest BCUT2D eigenvalue weighted by Crippen LogP contribution is 2.10. The Morgan fingerprint density at radius 3 is 2.63 bits per heavy atom. The van der Waals surface area contributed by atoms with E-state index in [0.717, 1.165) is 30.6 Å². The maximum atomic E-state index is 12.2. The van der Waals surface area contributed by atoms with Crippen LogP contribution in [0.5, 0.6) is 0 Å². The lowest BCUT2D eigenvalue weighted by Crippen LogP contribution is -2.45.